The average molecular weight is 333 g/mol. The maximum Gasteiger partial charge on any atom is 0.239 e. The van der Waals surface area contributed by atoms with Gasteiger partial charge in [0.2, 0.25) is 11.8 Å². The Kier molecular flexibility index (Phi) is 7.21. The van der Waals surface area contributed by atoms with Crippen LogP contribution in [0.1, 0.15) is 18.1 Å². The van der Waals surface area contributed by atoms with Crippen LogP contribution in [0, 0.1) is 6.92 Å². The van der Waals surface area contributed by atoms with Gasteiger partial charge in [-0.15, -0.1) is 0 Å². The predicted molar refractivity (Wildman–Crippen MR) is 92.5 cm³/mol. The van der Waals surface area contributed by atoms with Crippen LogP contribution in [0.2, 0.25) is 0 Å². The molecule has 0 spiro atoms. The largest absolute Gasteiger partial charge is 0.379 e. The van der Waals surface area contributed by atoms with Crippen molar-refractivity contribution in [3.8, 4) is 0 Å². The Morgan fingerprint density at radius 2 is 2.04 bits per heavy atom. The second-order valence-corrected chi connectivity index (χ2v) is 6.17. The molecule has 1 heterocycles. The fraction of sp³-hybridized carbons (Fsp3) is 0.556. The molecule has 6 heteroatoms. The van der Waals surface area contributed by atoms with Crippen molar-refractivity contribution in [3.05, 3.63) is 35.4 Å². The lowest BCUT2D eigenvalue weighted by Crippen LogP contribution is -2.44. The van der Waals surface area contributed by atoms with Crippen LogP contribution in [-0.4, -0.2) is 67.6 Å². The summed E-state index contributed by atoms with van der Waals surface area (Å²) in [4.78, 5) is 27.8. The van der Waals surface area contributed by atoms with E-state index in [9.17, 15) is 9.59 Å². The number of nitrogens with one attached hydrogen (secondary N) is 1. The molecule has 6 nitrogen and oxygen atoms in total. The molecule has 1 fully saturated rings. The maximum atomic E-state index is 12.1. The second-order valence-electron chi connectivity index (χ2n) is 6.17. The summed E-state index contributed by atoms with van der Waals surface area (Å²) in [5, 5.41) is 2.90. The van der Waals surface area contributed by atoms with Gasteiger partial charge in [-0.25, -0.2) is 0 Å². The topological polar surface area (TPSA) is 61.9 Å². The highest BCUT2D eigenvalue weighted by Gasteiger charge is 2.15. The van der Waals surface area contributed by atoms with Crippen LogP contribution >= 0.6 is 0 Å². The number of morpholine rings is 1. The first-order chi connectivity index (χ1) is 11.5. The van der Waals surface area contributed by atoms with Crippen LogP contribution < -0.4 is 5.32 Å². The van der Waals surface area contributed by atoms with Gasteiger partial charge in [0.25, 0.3) is 0 Å². The van der Waals surface area contributed by atoms with Crippen LogP contribution in [0.4, 0.5) is 0 Å². The number of hydrogen-bond donors (Lipinski definition) is 1. The zero-order valence-corrected chi connectivity index (χ0v) is 14.6. The smallest absolute Gasteiger partial charge is 0.239 e. The van der Waals surface area contributed by atoms with Crippen molar-refractivity contribution < 1.29 is 14.3 Å². The molecule has 0 atom stereocenters. The predicted octanol–water partition coefficient (Wildman–Crippen LogP) is 0.792. The molecular weight excluding hydrogens is 306 g/mol. The van der Waals surface area contributed by atoms with E-state index in [1.165, 1.54) is 6.92 Å². The molecule has 1 N–H and O–H groups in total. The van der Waals surface area contributed by atoms with E-state index in [1.807, 2.05) is 31.2 Å². The van der Waals surface area contributed by atoms with Crippen molar-refractivity contribution in [1.82, 2.24) is 15.1 Å². The molecule has 2 rings (SSSR count). The standard InChI is InChI=1S/C18H27N3O3/c1-15-4-3-5-17(12-15)13-21(16(2)22)14-18(23)19-6-7-20-8-10-24-11-9-20/h3-5,12H,6-11,13-14H2,1-2H3,(H,19,23). The van der Waals surface area contributed by atoms with Gasteiger partial charge in [-0.1, -0.05) is 29.8 Å². The minimum atomic E-state index is -0.119. The summed E-state index contributed by atoms with van der Waals surface area (Å²) in [6, 6.07) is 7.98. The third kappa shape index (κ3) is 6.29. The van der Waals surface area contributed by atoms with Crippen molar-refractivity contribution in [1.29, 1.82) is 0 Å². The lowest BCUT2D eigenvalue weighted by Gasteiger charge is -2.26. The number of rotatable bonds is 7. The molecule has 0 aliphatic carbocycles. The van der Waals surface area contributed by atoms with Gasteiger partial charge in [-0.3, -0.25) is 14.5 Å². The van der Waals surface area contributed by atoms with Gasteiger partial charge in [0, 0.05) is 39.6 Å². The summed E-state index contributed by atoms with van der Waals surface area (Å²) in [6.45, 7) is 8.77. The molecule has 1 saturated heterocycles. The fourth-order valence-electron chi connectivity index (χ4n) is 2.72. The van der Waals surface area contributed by atoms with Gasteiger partial charge in [0.1, 0.15) is 0 Å². The van der Waals surface area contributed by atoms with E-state index in [2.05, 4.69) is 10.2 Å². The molecule has 2 amide bonds. The average Bonchev–Trinajstić information content (AvgIpc) is 2.55. The van der Waals surface area contributed by atoms with Crippen molar-refractivity contribution in [2.45, 2.75) is 20.4 Å². The summed E-state index contributed by atoms with van der Waals surface area (Å²) in [5.74, 6) is -0.217. The number of hydrogen-bond acceptors (Lipinski definition) is 4. The number of benzene rings is 1. The van der Waals surface area contributed by atoms with Gasteiger partial charge >= 0.3 is 0 Å². The summed E-state index contributed by atoms with van der Waals surface area (Å²) in [5.41, 5.74) is 2.18. The minimum absolute atomic E-state index is 0.0897. The number of amides is 2. The highest BCUT2D eigenvalue weighted by atomic mass is 16.5. The van der Waals surface area contributed by atoms with Crippen LogP contribution in [0.3, 0.4) is 0 Å². The summed E-state index contributed by atoms with van der Waals surface area (Å²) < 4.78 is 5.30. The number of carbonyl (C=O) groups is 2. The lowest BCUT2D eigenvalue weighted by molar-refractivity contribution is -0.134. The molecule has 0 unspecified atom stereocenters. The Balaban J connectivity index is 1.77. The van der Waals surface area contributed by atoms with Gasteiger partial charge in [0.15, 0.2) is 0 Å². The third-order valence-electron chi connectivity index (χ3n) is 4.09. The Bertz CT molecular complexity index is 556. The highest BCUT2D eigenvalue weighted by molar-refractivity contribution is 5.83. The van der Waals surface area contributed by atoms with Crippen LogP contribution in [0.15, 0.2) is 24.3 Å². The summed E-state index contributed by atoms with van der Waals surface area (Å²) in [6.07, 6.45) is 0. The van der Waals surface area contributed by atoms with Crippen molar-refractivity contribution in [3.63, 3.8) is 0 Å². The van der Waals surface area contributed by atoms with Crippen molar-refractivity contribution >= 4 is 11.8 Å². The van der Waals surface area contributed by atoms with Crippen molar-refractivity contribution in [2.75, 3.05) is 45.9 Å². The Morgan fingerprint density at radius 1 is 1.29 bits per heavy atom. The van der Waals surface area contributed by atoms with Gasteiger partial charge < -0.3 is 15.0 Å². The number of nitrogens with zero attached hydrogens (tertiary/aromatic N) is 2. The molecule has 0 radical (unpaired) electrons. The van der Waals surface area contributed by atoms with E-state index < -0.39 is 0 Å². The Hall–Kier alpha value is -1.92. The SMILES string of the molecule is CC(=O)N(CC(=O)NCCN1CCOCC1)Cc1cccc(C)c1. The van der Waals surface area contributed by atoms with Gasteiger partial charge in [0.05, 0.1) is 19.8 Å². The monoisotopic (exact) mass is 333 g/mol. The van der Waals surface area contributed by atoms with Crippen molar-refractivity contribution in [2.24, 2.45) is 0 Å². The second kappa shape index (κ2) is 9.39. The zero-order valence-electron chi connectivity index (χ0n) is 14.6. The Morgan fingerprint density at radius 3 is 2.71 bits per heavy atom. The highest BCUT2D eigenvalue weighted by Crippen LogP contribution is 2.08. The molecule has 0 saturated carbocycles. The molecular formula is C18H27N3O3. The first kappa shape index (κ1) is 18.4. The third-order valence-corrected chi connectivity index (χ3v) is 4.09. The molecule has 1 aliphatic rings. The number of carbonyl (C=O) groups excluding carboxylic acids is 2. The first-order valence-electron chi connectivity index (χ1n) is 8.42. The summed E-state index contributed by atoms with van der Waals surface area (Å²) in [7, 11) is 0. The van der Waals surface area contributed by atoms with E-state index >= 15 is 0 Å². The lowest BCUT2D eigenvalue weighted by atomic mass is 10.1. The normalized spacial score (nSPS) is 15.1. The molecule has 1 aromatic rings. The van der Waals surface area contributed by atoms with Gasteiger partial charge in [-0.2, -0.15) is 0 Å². The zero-order chi connectivity index (χ0) is 17.4. The quantitative estimate of drug-likeness (QED) is 0.801. The Labute approximate surface area is 143 Å². The van der Waals surface area contributed by atoms with Gasteiger partial charge in [-0.05, 0) is 12.5 Å². The van der Waals surface area contributed by atoms with E-state index in [0.29, 0.717) is 13.1 Å². The maximum absolute atomic E-state index is 12.1. The number of aryl methyl sites for hydroxylation is 1. The van der Waals surface area contributed by atoms with E-state index in [0.717, 1.165) is 44.0 Å². The minimum Gasteiger partial charge on any atom is -0.379 e. The molecule has 24 heavy (non-hydrogen) atoms. The molecule has 0 bridgehead atoms. The van der Waals surface area contributed by atoms with E-state index in [-0.39, 0.29) is 18.4 Å². The molecule has 132 valence electrons. The molecule has 1 aliphatic heterocycles. The van der Waals surface area contributed by atoms with Crippen LogP contribution in [0.5, 0.6) is 0 Å². The fourth-order valence-corrected chi connectivity index (χ4v) is 2.72. The molecule has 0 aromatic heterocycles. The number of ether oxygens (including phenoxy) is 1. The van der Waals surface area contributed by atoms with E-state index in [4.69, 9.17) is 4.74 Å². The van der Waals surface area contributed by atoms with Crippen LogP contribution in [0.25, 0.3) is 0 Å². The van der Waals surface area contributed by atoms with Crippen LogP contribution in [-0.2, 0) is 20.9 Å². The summed E-state index contributed by atoms with van der Waals surface area (Å²) >= 11 is 0. The molecule has 1 aromatic carbocycles. The first-order valence-corrected chi connectivity index (χ1v) is 8.42. The van der Waals surface area contributed by atoms with E-state index in [1.54, 1.807) is 4.90 Å².